The molecule has 3 heteroatoms. The van der Waals surface area contributed by atoms with Crippen LogP contribution in [-0.4, -0.2) is 30.0 Å². The molecule has 2 rings (SSSR count). The molecule has 0 spiro atoms. The number of phenolic OH excluding ortho intramolecular Hbond substituents is 1. The molecule has 3 nitrogen and oxygen atoms in total. The van der Waals surface area contributed by atoms with Crippen LogP contribution in [0.15, 0.2) is 18.2 Å². The van der Waals surface area contributed by atoms with Gasteiger partial charge in [-0.05, 0) is 36.1 Å². The van der Waals surface area contributed by atoms with Gasteiger partial charge in [-0.3, -0.25) is 4.79 Å². The quantitative estimate of drug-likeness (QED) is 0.907. The first-order chi connectivity index (χ1) is 9.08. The standard InChI is InChI=1S/C16H23NO2/c1-17(2)16(19)13-8-9-15(18)14(11-13)10-12-6-4-3-5-7-12/h8-9,11-12,18H,3-7,10H2,1-2H3. The summed E-state index contributed by atoms with van der Waals surface area (Å²) in [5, 5.41) is 9.96. The molecule has 0 aromatic heterocycles. The summed E-state index contributed by atoms with van der Waals surface area (Å²) in [4.78, 5) is 13.5. The fraction of sp³-hybridized carbons (Fsp3) is 0.562. The lowest BCUT2D eigenvalue weighted by molar-refractivity contribution is 0.0827. The van der Waals surface area contributed by atoms with Crippen molar-refractivity contribution in [1.82, 2.24) is 4.90 Å². The zero-order valence-electron chi connectivity index (χ0n) is 11.9. The highest BCUT2D eigenvalue weighted by Gasteiger charge is 2.17. The molecule has 1 saturated carbocycles. The first-order valence-electron chi connectivity index (χ1n) is 7.11. The Morgan fingerprint density at radius 3 is 2.58 bits per heavy atom. The summed E-state index contributed by atoms with van der Waals surface area (Å²) < 4.78 is 0. The van der Waals surface area contributed by atoms with Gasteiger partial charge in [0.2, 0.25) is 0 Å². The minimum atomic E-state index is -0.00936. The van der Waals surface area contributed by atoms with Crippen molar-refractivity contribution >= 4 is 5.91 Å². The minimum absolute atomic E-state index is 0.00936. The first-order valence-corrected chi connectivity index (χ1v) is 7.11. The zero-order valence-corrected chi connectivity index (χ0v) is 11.9. The van der Waals surface area contributed by atoms with E-state index < -0.39 is 0 Å². The molecule has 1 aliphatic carbocycles. The maximum atomic E-state index is 11.9. The van der Waals surface area contributed by atoms with Crippen molar-refractivity contribution < 1.29 is 9.90 Å². The first kappa shape index (κ1) is 13.9. The third kappa shape index (κ3) is 3.49. The number of carbonyl (C=O) groups is 1. The number of rotatable bonds is 3. The second-order valence-corrected chi connectivity index (χ2v) is 5.75. The van der Waals surface area contributed by atoms with Crippen LogP contribution >= 0.6 is 0 Å². The summed E-state index contributed by atoms with van der Waals surface area (Å²) in [6.07, 6.45) is 7.29. The molecular weight excluding hydrogens is 238 g/mol. The Balaban J connectivity index is 2.14. The zero-order chi connectivity index (χ0) is 13.8. The van der Waals surface area contributed by atoms with Crippen LogP contribution in [0.1, 0.15) is 48.0 Å². The highest BCUT2D eigenvalue weighted by Crippen LogP contribution is 2.30. The van der Waals surface area contributed by atoms with E-state index in [-0.39, 0.29) is 5.91 Å². The fourth-order valence-corrected chi connectivity index (χ4v) is 2.84. The van der Waals surface area contributed by atoms with Gasteiger partial charge in [0.25, 0.3) is 5.91 Å². The molecule has 0 bridgehead atoms. The molecule has 104 valence electrons. The average Bonchev–Trinajstić information content (AvgIpc) is 2.41. The smallest absolute Gasteiger partial charge is 0.253 e. The third-order valence-corrected chi connectivity index (χ3v) is 3.97. The average molecular weight is 261 g/mol. The lowest BCUT2D eigenvalue weighted by Gasteiger charge is -2.22. The number of benzene rings is 1. The highest BCUT2D eigenvalue weighted by molar-refractivity contribution is 5.94. The number of nitrogens with zero attached hydrogens (tertiary/aromatic N) is 1. The van der Waals surface area contributed by atoms with Gasteiger partial charge in [-0.2, -0.15) is 0 Å². The fourth-order valence-electron chi connectivity index (χ4n) is 2.84. The lowest BCUT2D eigenvalue weighted by atomic mass is 9.84. The predicted molar refractivity (Wildman–Crippen MR) is 76.4 cm³/mol. The Bertz CT molecular complexity index is 448. The molecule has 19 heavy (non-hydrogen) atoms. The van der Waals surface area contributed by atoms with Gasteiger partial charge in [-0.1, -0.05) is 32.1 Å². The van der Waals surface area contributed by atoms with E-state index in [2.05, 4.69) is 0 Å². The Morgan fingerprint density at radius 1 is 1.26 bits per heavy atom. The van der Waals surface area contributed by atoms with E-state index in [1.54, 1.807) is 31.1 Å². The van der Waals surface area contributed by atoms with Crippen molar-refractivity contribution in [3.05, 3.63) is 29.3 Å². The molecule has 1 fully saturated rings. The van der Waals surface area contributed by atoms with Gasteiger partial charge < -0.3 is 10.0 Å². The van der Waals surface area contributed by atoms with Crippen LogP contribution in [0.2, 0.25) is 0 Å². The van der Waals surface area contributed by atoms with Crippen LogP contribution in [-0.2, 0) is 6.42 Å². The number of amides is 1. The van der Waals surface area contributed by atoms with E-state index in [0.717, 1.165) is 12.0 Å². The number of phenols is 1. The van der Waals surface area contributed by atoms with Crippen LogP contribution in [0.5, 0.6) is 5.75 Å². The molecule has 1 aromatic rings. The van der Waals surface area contributed by atoms with Gasteiger partial charge in [-0.15, -0.1) is 0 Å². The number of aromatic hydroxyl groups is 1. The molecular formula is C16H23NO2. The molecule has 0 saturated heterocycles. The Morgan fingerprint density at radius 2 is 1.95 bits per heavy atom. The van der Waals surface area contributed by atoms with Crippen LogP contribution in [0.3, 0.4) is 0 Å². The van der Waals surface area contributed by atoms with E-state index in [1.165, 1.54) is 32.1 Å². The monoisotopic (exact) mass is 261 g/mol. The summed E-state index contributed by atoms with van der Waals surface area (Å²) in [6, 6.07) is 5.20. The summed E-state index contributed by atoms with van der Waals surface area (Å²) in [5.41, 5.74) is 1.58. The van der Waals surface area contributed by atoms with Crippen molar-refractivity contribution in [2.45, 2.75) is 38.5 Å². The molecule has 0 atom stereocenters. The van der Waals surface area contributed by atoms with E-state index in [1.807, 2.05) is 6.07 Å². The summed E-state index contributed by atoms with van der Waals surface area (Å²) in [6.45, 7) is 0. The second-order valence-electron chi connectivity index (χ2n) is 5.75. The van der Waals surface area contributed by atoms with Crippen molar-refractivity contribution in [3.63, 3.8) is 0 Å². The lowest BCUT2D eigenvalue weighted by Crippen LogP contribution is -2.21. The normalized spacial score (nSPS) is 16.3. The maximum absolute atomic E-state index is 11.9. The van der Waals surface area contributed by atoms with E-state index in [9.17, 15) is 9.90 Å². The number of carbonyl (C=O) groups excluding carboxylic acids is 1. The second kappa shape index (κ2) is 6.09. The molecule has 1 N–H and O–H groups in total. The Kier molecular flexibility index (Phi) is 4.46. The highest BCUT2D eigenvalue weighted by atomic mass is 16.3. The predicted octanol–water partition coefficient (Wildman–Crippen LogP) is 3.22. The summed E-state index contributed by atoms with van der Waals surface area (Å²) in [7, 11) is 3.49. The number of hydrogen-bond acceptors (Lipinski definition) is 2. The Labute approximate surface area is 115 Å². The van der Waals surface area contributed by atoms with Crippen molar-refractivity contribution in [2.24, 2.45) is 5.92 Å². The van der Waals surface area contributed by atoms with Crippen LogP contribution in [0, 0.1) is 5.92 Å². The van der Waals surface area contributed by atoms with Gasteiger partial charge in [0, 0.05) is 19.7 Å². The molecule has 0 radical (unpaired) electrons. The number of hydrogen-bond donors (Lipinski definition) is 1. The molecule has 0 heterocycles. The molecule has 1 amide bonds. The van der Waals surface area contributed by atoms with Crippen molar-refractivity contribution in [1.29, 1.82) is 0 Å². The molecule has 0 unspecified atom stereocenters. The summed E-state index contributed by atoms with van der Waals surface area (Å²) in [5.74, 6) is 0.968. The van der Waals surface area contributed by atoms with Gasteiger partial charge in [-0.25, -0.2) is 0 Å². The largest absolute Gasteiger partial charge is 0.508 e. The van der Waals surface area contributed by atoms with Gasteiger partial charge >= 0.3 is 0 Å². The van der Waals surface area contributed by atoms with Gasteiger partial charge in [0.1, 0.15) is 5.75 Å². The molecule has 1 aromatic carbocycles. The van der Waals surface area contributed by atoms with Gasteiger partial charge in [0.05, 0.1) is 0 Å². The minimum Gasteiger partial charge on any atom is -0.508 e. The molecule has 1 aliphatic rings. The Hall–Kier alpha value is -1.51. The van der Waals surface area contributed by atoms with Crippen molar-refractivity contribution in [3.8, 4) is 5.75 Å². The van der Waals surface area contributed by atoms with Gasteiger partial charge in [0.15, 0.2) is 0 Å². The van der Waals surface area contributed by atoms with E-state index in [4.69, 9.17) is 0 Å². The maximum Gasteiger partial charge on any atom is 0.253 e. The van der Waals surface area contributed by atoms with Crippen molar-refractivity contribution in [2.75, 3.05) is 14.1 Å². The van der Waals surface area contributed by atoms with Crippen LogP contribution in [0.25, 0.3) is 0 Å². The SMILES string of the molecule is CN(C)C(=O)c1ccc(O)c(CC2CCCCC2)c1. The topological polar surface area (TPSA) is 40.5 Å². The van der Waals surface area contributed by atoms with E-state index >= 15 is 0 Å². The van der Waals surface area contributed by atoms with E-state index in [0.29, 0.717) is 17.2 Å². The van der Waals surface area contributed by atoms with Crippen LogP contribution < -0.4 is 0 Å². The summed E-state index contributed by atoms with van der Waals surface area (Å²) >= 11 is 0. The molecule has 0 aliphatic heterocycles. The third-order valence-electron chi connectivity index (χ3n) is 3.97. The van der Waals surface area contributed by atoms with Crippen LogP contribution in [0.4, 0.5) is 0 Å².